The first-order valence-electron chi connectivity index (χ1n) is 8.21. The van der Waals surface area contributed by atoms with Crippen LogP contribution in [-0.2, 0) is 14.8 Å². The molecule has 1 heterocycles. The van der Waals surface area contributed by atoms with Gasteiger partial charge in [0.15, 0.2) is 0 Å². The number of alkyl halides is 3. The number of benzene rings is 1. The summed E-state index contributed by atoms with van der Waals surface area (Å²) in [7, 11) is -3.76. The summed E-state index contributed by atoms with van der Waals surface area (Å²) in [6, 6.07) is 5.80. The lowest BCUT2D eigenvalue weighted by Gasteiger charge is -2.37. The first-order valence-corrected chi connectivity index (χ1v) is 10.4. The fourth-order valence-electron chi connectivity index (χ4n) is 3.00. The Bertz CT molecular complexity index is 730. The lowest BCUT2D eigenvalue weighted by molar-refractivity contribution is -0.186. The molecule has 1 saturated heterocycles. The topological polar surface area (TPSA) is 57.7 Å². The molecule has 1 aliphatic rings. The summed E-state index contributed by atoms with van der Waals surface area (Å²) in [4.78, 5) is 12.2. The number of hydrogen-bond acceptors (Lipinski definition) is 3. The van der Waals surface area contributed by atoms with Crippen LogP contribution in [0, 0.1) is 0 Å². The molecule has 10 heteroatoms. The minimum atomic E-state index is -4.90. The highest BCUT2D eigenvalue weighted by molar-refractivity contribution is 9.10. The van der Waals surface area contributed by atoms with Crippen LogP contribution in [-0.4, -0.2) is 55.4 Å². The van der Waals surface area contributed by atoms with Crippen molar-refractivity contribution in [2.24, 2.45) is 0 Å². The van der Waals surface area contributed by atoms with Crippen LogP contribution in [0.15, 0.2) is 33.6 Å². The van der Waals surface area contributed by atoms with Crippen LogP contribution in [0.3, 0.4) is 0 Å². The Morgan fingerprint density at radius 1 is 1.23 bits per heavy atom. The van der Waals surface area contributed by atoms with Gasteiger partial charge in [-0.3, -0.25) is 4.79 Å². The minimum Gasteiger partial charge on any atom is -0.335 e. The number of likely N-dealkylation sites (tertiary alicyclic amines) is 1. The van der Waals surface area contributed by atoms with Crippen molar-refractivity contribution < 1.29 is 26.4 Å². The average Bonchev–Trinajstić information content (AvgIpc) is 2.58. The molecule has 0 N–H and O–H groups in total. The van der Waals surface area contributed by atoms with Gasteiger partial charge in [-0.05, 0) is 43.5 Å². The molecule has 5 nitrogen and oxygen atoms in total. The Morgan fingerprint density at radius 2 is 1.77 bits per heavy atom. The van der Waals surface area contributed by atoms with Gasteiger partial charge in [-0.25, -0.2) is 8.42 Å². The van der Waals surface area contributed by atoms with E-state index >= 15 is 0 Å². The monoisotopic (exact) mass is 456 g/mol. The van der Waals surface area contributed by atoms with Gasteiger partial charge in [0, 0.05) is 30.1 Å². The summed E-state index contributed by atoms with van der Waals surface area (Å²) >= 11 is 3.25. The highest BCUT2D eigenvalue weighted by Gasteiger charge is 2.44. The highest BCUT2D eigenvalue weighted by atomic mass is 79.9. The van der Waals surface area contributed by atoms with Gasteiger partial charge in [-0.1, -0.05) is 22.9 Å². The summed E-state index contributed by atoms with van der Waals surface area (Å²) in [5.41, 5.74) is 0. The van der Waals surface area contributed by atoms with E-state index in [-0.39, 0.29) is 37.4 Å². The average molecular weight is 457 g/mol. The van der Waals surface area contributed by atoms with Crippen molar-refractivity contribution in [1.29, 1.82) is 0 Å². The van der Waals surface area contributed by atoms with Crippen LogP contribution in [0.25, 0.3) is 0 Å². The molecule has 0 aromatic heterocycles. The Hall–Kier alpha value is -1.13. The molecule has 0 aliphatic carbocycles. The third-order valence-corrected chi connectivity index (χ3v) is 6.76. The molecule has 1 amide bonds. The molecule has 1 aromatic carbocycles. The third-order valence-electron chi connectivity index (χ3n) is 4.27. The molecule has 0 spiro atoms. The first-order chi connectivity index (χ1) is 12.1. The van der Waals surface area contributed by atoms with E-state index in [0.717, 1.165) is 9.37 Å². The molecular formula is C16H20BrF3N2O3S. The number of rotatable bonds is 5. The number of amides is 1. The Morgan fingerprint density at radius 3 is 2.23 bits per heavy atom. The lowest BCUT2D eigenvalue weighted by Crippen LogP contribution is -2.51. The Kier molecular flexibility index (Phi) is 6.73. The molecule has 1 aliphatic heterocycles. The van der Waals surface area contributed by atoms with Crippen molar-refractivity contribution in [1.82, 2.24) is 9.21 Å². The van der Waals surface area contributed by atoms with Crippen molar-refractivity contribution >= 4 is 31.9 Å². The highest BCUT2D eigenvalue weighted by Crippen LogP contribution is 2.27. The summed E-state index contributed by atoms with van der Waals surface area (Å²) in [5, 5.41) is 0. The Labute approximate surface area is 159 Å². The van der Waals surface area contributed by atoms with Crippen molar-refractivity contribution in [2.75, 3.05) is 19.6 Å². The molecule has 1 fully saturated rings. The van der Waals surface area contributed by atoms with Gasteiger partial charge in [0.1, 0.15) is 0 Å². The van der Waals surface area contributed by atoms with Crippen LogP contribution in [0.2, 0.25) is 0 Å². The maximum atomic E-state index is 13.0. The van der Waals surface area contributed by atoms with E-state index in [2.05, 4.69) is 15.9 Å². The predicted octanol–water partition coefficient (Wildman–Crippen LogP) is 3.40. The number of nitrogens with zero attached hydrogens (tertiary/aromatic N) is 2. The van der Waals surface area contributed by atoms with E-state index < -0.39 is 28.1 Å². The summed E-state index contributed by atoms with van der Waals surface area (Å²) < 4.78 is 65.7. The van der Waals surface area contributed by atoms with Gasteiger partial charge in [-0.2, -0.15) is 17.5 Å². The van der Waals surface area contributed by atoms with Gasteiger partial charge in [0.2, 0.25) is 10.0 Å². The number of halogens is 4. The number of piperidine rings is 1. The quantitative estimate of drug-likeness (QED) is 0.681. The van der Waals surface area contributed by atoms with E-state index in [1.54, 1.807) is 12.1 Å². The number of sulfonamides is 1. The van der Waals surface area contributed by atoms with E-state index in [1.165, 1.54) is 16.4 Å². The largest absolute Gasteiger partial charge is 0.471 e. The predicted molar refractivity (Wildman–Crippen MR) is 94.0 cm³/mol. The second-order valence-corrected chi connectivity index (χ2v) is 8.90. The van der Waals surface area contributed by atoms with Crippen molar-refractivity contribution in [3.63, 3.8) is 0 Å². The molecular weight excluding hydrogens is 437 g/mol. The standard InChI is InChI=1S/C16H20BrF3N2O3S/c1-2-9-22(26(24,25)14-5-3-12(17)4-6-14)13-7-10-21(11-8-13)15(23)16(18,19)20/h3-6,13H,2,7-11H2,1H3. The zero-order valence-electron chi connectivity index (χ0n) is 14.2. The molecule has 0 atom stereocenters. The van der Waals surface area contributed by atoms with Crippen LogP contribution >= 0.6 is 15.9 Å². The molecule has 0 saturated carbocycles. The van der Waals surface area contributed by atoms with Crippen molar-refractivity contribution in [3.8, 4) is 0 Å². The molecule has 2 rings (SSSR count). The van der Waals surface area contributed by atoms with Crippen LogP contribution < -0.4 is 0 Å². The lowest BCUT2D eigenvalue weighted by atomic mass is 10.0. The minimum absolute atomic E-state index is 0.112. The number of hydrogen-bond donors (Lipinski definition) is 0. The number of carbonyl (C=O) groups excluding carboxylic acids is 1. The first kappa shape index (κ1) is 21.2. The maximum absolute atomic E-state index is 13.0. The van der Waals surface area contributed by atoms with E-state index in [1.807, 2.05) is 6.92 Å². The van der Waals surface area contributed by atoms with E-state index in [0.29, 0.717) is 6.42 Å². The summed E-state index contributed by atoms with van der Waals surface area (Å²) in [5.74, 6) is -1.87. The van der Waals surface area contributed by atoms with E-state index in [9.17, 15) is 26.4 Å². The van der Waals surface area contributed by atoms with Crippen molar-refractivity contribution in [2.45, 2.75) is 43.3 Å². The summed E-state index contributed by atoms with van der Waals surface area (Å²) in [6.07, 6.45) is -3.97. The zero-order chi connectivity index (χ0) is 19.5. The summed E-state index contributed by atoms with van der Waals surface area (Å²) in [6.45, 7) is 1.89. The molecule has 1 aromatic rings. The second-order valence-electron chi connectivity index (χ2n) is 6.09. The van der Waals surface area contributed by atoms with Crippen LogP contribution in [0.1, 0.15) is 26.2 Å². The molecule has 0 bridgehead atoms. The number of carbonyl (C=O) groups is 1. The van der Waals surface area contributed by atoms with Gasteiger partial charge in [0.25, 0.3) is 0 Å². The zero-order valence-corrected chi connectivity index (χ0v) is 16.6. The van der Waals surface area contributed by atoms with Gasteiger partial charge in [0.05, 0.1) is 4.90 Å². The van der Waals surface area contributed by atoms with Crippen molar-refractivity contribution in [3.05, 3.63) is 28.7 Å². The SMILES string of the molecule is CCCN(C1CCN(C(=O)C(F)(F)F)CC1)S(=O)(=O)c1ccc(Br)cc1. The molecule has 26 heavy (non-hydrogen) atoms. The maximum Gasteiger partial charge on any atom is 0.471 e. The molecule has 0 radical (unpaired) electrons. The van der Waals surface area contributed by atoms with Gasteiger partial charge < -0.3 is 4.90 Å². The molecule has 146 valence electrons. The van der Waals surface area contributed by atoms with Gasteiger partial charge >= 0.3 is 12.1 Å². The third kappa shape index (κ3) is 4.77. The second kappa shape index (κ2) is 8.26. The van der Waals surface area contributed by atoms with E-state index in [4.69, 9.17) is 0 Å². The normalized spacial score (nSPS) is 16.9. The fourth-order valence-corrected chi connectivity index (χ4v) is 5.04. The fraction of sp³-hybridized carbons (Fsp3) is 0.562. The van der Waals surface area contributed by atoms with Gasteiger partial charge in [-0.15, -0.1) is 0 Å². The van der Waals surface area contributed by atoms with Crippen LogP contribution in [0.4, 0.5) is 13.2 Å². The Balaban J connectivity index is 2.16. The molecule has 0 unspecified atom stereocenters. The van der Waals surface area contributed by atoms with Crippen LogP contribution in [0.5, 0.6) is 0 Å². The smallest absolute Gasteiger partial charge is 0.335 e.